The minimum atomic E-state index is -0.124. The van der Waals surface area contributed by atoms with Crippen LogP contribution in [0.3, 0.4) is 0 Å². The van der Waals surface area contributed by atoms with Crippen LogP contribution < -0.4 is 4.74 Å². The van der Waals surface area contributed by atoms with Gasteiger partial charge < -0.3 is 14.6 Å². The molecule has 0 saturated carbocycles. The second-order valence-corrected chi connectivity index (χ2v) is 4.92. The third kappa shape index (κ3) is 3.73. The van der Waals surface area contributed by atoms with Crippen LogP contribution in [0.15, 0.2) is 18.2 Å². The lowest BCUT2D eigenvalue weighted by molar-refractivity contribution is 0.156. The first-order valence-electron chi connectivity index (χ1n) is 6.79. The van der Waals surface area contributed by atoms with Crippen LogP contribution in [-0.2, 0) is 11.3 Å². The van der Waals surface area contributed by atoms with Crippen molar-refractivity contribution < 1.29 is 14.6 Å². The molecule has 0 bridgehead atoms. The predicted molar refractivity (Wildman–Crippen MR) is 77.6 cm³/mol. The second-order valence-electron chi connectivity index (χ2n) is 4.92. The number of hydrogen-bond acceptors (Lipinski definition) is 4. The Balaban J connectivity index is 2.14. The first-order chi connectivity index (χ1) is 9.74. The monoisotopic (exact) mass is 275 g/mol. The predicted octanol–water partition coefficient (Wildman–Crippen LogP) is 1.26. The molecular weight excluding hydrogens is 254 g/mol. The van der Waals surface area contributed by atoms with Crippen LogP contribution in [0.1, 0.15) is 17.5 Å². The third-order valence-corrected chi connectivity index (χ3v) is 3.54. The van der Waals surface area contributed by atoms with E-state index < -0.39 is 0 Å². The van der Waals surface area contributed by atoms with E-state index in [9.17, 15) is 0 Å². The number of ether oxygens (including phenoxy) is 2. The maximum Gasteiger partial charge on any atom is 0.123 e. The molecular formula is C16H21NO3. The molecule has 1 saturated heterocycles. The van der Waals surface area contributed by atoms with Crippen molar-refractivity contribution in [3.63, 3.8) is 0 Å². The van der Waals surface area contributed by atoms with Crippen molar-refractivity contribution >= 4 is 0 Å². The summed E-state index contributed by atoms with van der Waals surface area (Å²) in [5.74, 6) is 6.46. The number of rotatable bonds is 4. The number of aliphatic hydroxyl groups excluding tert-OH is 1. The van der Waals surface area contributed by atoms with Gasteiger partial charge in [-0.15, -0.1) is 0 Å². The van der Waals surface area contributed by atoms with Crippen molar-refractivity contribution in [2.75, 3.05) is 34.0 Å². The highest BCUT2D eigenvalue weighted by molar-refractivity contribution is 5.44. The van der Waals surface area contributed by atoms with Gasteiger partial charge in [-0.25, -0.2) is 0 Å². The summed E-state index contributed by atoms with van der Waals surface area (Å²) < 4.78 is 10.8. The molecule has 1 aliphatic heterocycles. The lowest BCUT2D eigenvalue weighted by Gasteiger charge is -2.23. The van der Waals surface area contributed by atoms with Crippen molar-refractivity contribution in [3.8, 4) is 17.6 Å². The first kappa shape index (κ1) is 14.9. The molecule has 1 atom stereocenters. The molecule has 1 unspecified atom stereocenters. The average molecular weight is 275 g/mol. The van der Waals surface area contributed by atoms with Crippen molar-refractivity contribution in [1.82, 2.24) is 4.90 Å². The van der Waals surface area contributed by atoms with Crippen LogP contribution in [0.2, 0.25) is 0 Å². The number of aliphatic hydroxyl groups is 1. The molecule has 1 aliphatic rings. The van der Waals surface area contributed by atoms with Crippen LogP contribution in [0, 0.1) is 11.8 Å². The Morgan fingerprint density at radius 3 is 3.00 bits per heavy atom. The molecule has 0 aliphatic carbocycles. The highest BCUT2D eigenvalue weighted by Gasteiger charge is 2.21. The Hall–Kier alpha value is -1.54. The Morgan fingerprint density at radius 2 is 2.35 bits per heavy atom. The van der Waals surface area contributed by atoms with Crippen molar-refractivity contribution in [3.05, 3.63) is 29.3 Å². The van der Waals surface area contributed by atoms with Crippen LogP contribution in [0.4, 0.5) is 0 Å². The number of likely N-dealkylation sites (N-methyl/N-ethyl adjacent to an activating group) is 1. The quantitative estimate of drug-likeness (QED) is 0.840. The van der Waals surface area contributed by atoms with Crippen molar-refractivity contribution in [1.29, 1.82) is 0 Å². The molecule has 0 radical (unpaired) electrons. The third-order valence-electron chi connectivity index (χ3n) is 3.54. The highest BCUT2D eigenvalue weighted by Crippen LogP contribution is 2.23. The van der Waals surface area contributed by atoms with E-state index in [2.05, 4.69) is 23.8 Å². The van der Waals surface area contributed by atoms with E-state index in [0.717, 1.165) is 43.1 Å². The summed E-state index contributed by atoms with van der Waals surface area (Å²) in [7, 11) is 3.78. The molecule has 1 fully saturated rings. The summed E-state index contributed by atoms with van der Waals surface area (Å²) in [6, 6.07) is 6.32. The molecule has 1 aromatic carbocycles. The molecule has 20 heavy (non-hydrogen) atoms. The number of benzene rings is 1. The SMILES string of the molecule is COc1ccc(C#CCO)cc1CN(C)C1CCOC1. The van der Waals surface area contributed by atoms with Gasteiger partial charge in [0, 0.05) is 30.3 Å². The maximum atomic E-state index is 8.77. The van der Waals surface area contributed by atoms with Crippen LogP contribution >= 0.6 is 0 Å². The Kier molecular flexibility index (Phi) is 5.42. The summed E-state index contributed by atoms with van der Waals surface area (Å²) in [6.07, 6.45) is 1.07. The van der Waals surface area contributed by atoms with E-state index in [1.807, 2.05) is 18.2 Å². The van der Waals surface area contributed by atoms with Crippen LogP contribution in [0.25, 0.3) is 0 Å². The number of hydrogen-bond donors (Lipinski definition) is 1. The maximum absolute atomic E-state index is 8.77. The summed E-state index contributed by atoms with van der Waals surface area (Å²) in [4.78, 5) is 2.29. The van der Waals surface area contributed by atoms with Gasteiger partial charge in [-0.1, -0.05) is 11.8 Å². The smallest absolute Gasteiger partial charge is 0.123 e. The zero-order valence-corrected chi connectivity index (χ0v) is 12.1. The molecule has 0 aromatic heterocycles. The summed E-state index contributed by atoms with van der Waals surface area (Å²) in [5, 5.41) is 8.77. The van der Waals surface area contributed by atoms with Gasteiger partial charge in [-0.2, -0.15) is 0 Å². The highest BCUT2D eigenvalue weighted by atomic mass is 16.5. The van der Waals surface area contributed by atoms with E-state index in [0.29, 0.717) is 6.04 Å². The van der Waals surface area contributed by atoms with Gasteiger partial charge in [0.15, 0.2) is 0 Å². The summed E-state index contributed by atoms with van der Waals surface area (Å²) >= 11 is 0. The molecule has 0 amide bonds. The van der Waals surface area contributed by atoms with Gasteiger partial charge in [0.25, 0.3) is 0 Å². The fraction of sp³-hybridized carbons (Fsp3) is 0.500. The fourth-order valence-electron chi connectivity index (χ4n) is 2.39. The van der Waals surface area contributed by atoms with Gasteiger partial charge in [0.05, 0.1) is 13.7 Å². The molecule has 4 heteroatoms. The summed E-state index contributed by atoms with van der Waals surface area (Å²) in [6.45, 7) is 2.31. The molecule has 1 aromatic rings. The number of nitrogens with zero attached hydrogens (tertiary/aromatic N) is 1. The Labute approximate surface area is 120 Å². The van der Waals surface area contributed by atoms with E-state index >= 15 is 0 Å². The average Bonchev–Trinajstić information content (AvgIpc) is 2.99. The second kappa shape index (κ2) is 7.30. The topological polar surface area (TPSA) is 41.9 Å². The van der Waals surface area contributed by atoms with E-state index in [1.54, 1.807) is 7.11 Å². The zero-order valence-electron chi connectivity index (χ0n) is 12.1. The lowest BCUT2D eigenvalue weighted by atomic mass is 10.1. The van der Waals surface area contributed by atoms with E-state index in [1.165, 1.54) is 0 Å². The van der Waals surface area contributed by atoms with Gasteiger partial charge >= 0.3 is 0 Å². The molecule has 1 N–H and O–H groups in total. The lowest BCUT2D eigenvalue weighted by Crippen LogP contribution is -2.31. The minimum absolute atomic E-state index is 0.124. The van der Waals surface area contributed by atoms with Gasteiger partial charge in [-0.05, 0) is 31.7 Å². The normalized spacial score (nSPS) is 17.9. The standard InChI is InChI=1S/C16H21NO3/c1-17(15-7-9-20-12-15)11-14-10-13(4-3-8-18)5-6-16(14)19-2/h5-6,10,15,18H,7-9,11-12H2,1-2H3. The molecule has 4 nitrogen and oxygen atoms in total. The van der Waals surface area contributed by atoms with E-state index in [4.69, 9.17) is 14.6 Å². The van der Waals surface area contributed by atoms with E-state index in [-0.39, 0.29) is 6.61 Å². The van der Waals surface area contributed by atoms with Crippen molar-refractivity contribution in [2.45, 2.75) is 19.0 Å². The van der Waals surface area contributed by atoms with Crippen LogP contribution in [-0.4, -0.2) is 50.0 Å². The van der Waals surface area contributed by atoms with Crippen molar-refractivity contribution in [2.24, 2.45) is 0 Å². The van der Waals surface area contributed by atoms with Gasteiger partial charge in [0.2, 0.25) is 0 Å². The first-order valence-corrected chi connectivity index (χ1v) is 6.79. The van der Waals surface area contributed by atoms with Gasteiger partial charge in [0.1, 0.15) is 12.4 Å². The molecule has 108 valence electrons. The van der Waals surface area contributed by atoms with Gasteiger partial charge in [-0.3, -0.25) is 4.90 Å². The molecule has 0 spiro atoms. The minimum Gasteiger partial charge on any atom is -0.496 e. The largest absolute Gasteiger partial charge is 0.496 e. The molecule has 1 heterocycles. The fourth-order valence-corrected chi connectivity index (χ4v) is 2.39. The number of methoxy groups -OCH3 is 1. The molecule has 2 rings (SSSR count). The summed E-state index contributed by atoms with van der Waals surface area (Å²) in [5.41, 5.74) is 2.00. The van der Waals surface area contributed by atoms with Crippen LogP contribution in [0.5, 0.6) is 5.75 Å². The zero-order chi connectivity index (χ0) is 14.4. The Morgan fingerprint density at radius 1 is 1.50 bits per heavy atom. The Bertz CT molecular complexity index is 498.